The first kappa shape index (κ1) is 52.7. The van der Waals surface area contributed by atoms with Crippen LogP contribution < -0.4 is 19.4 Å². The highest BCUT2D eigenvalue weighted by molar-refractivity contribution is 14.2. The number of nitrogens with zero attached hydrogens (tertiary/aromatic N) is 2. The Hall–Kier alpha value is -7.21. The maximum atomic E-state index is 15.4. The number of hydrogen-bond acceptors (Lipinski definition) is 10. The number of halogens is 3. The second-order valence-electron chi connectivity index (χ2n) is 20.0. The van der Waals surface area contributed by atoms with Crippen molar-refractivity contribution < 1.29 is 41.6 Å². The van der Waals surface area contributed by atoms with Crippen LogP contribution in [0.1, 0.15) is 116 Å². The van der Waals surface area contributed by atoms with E-state index in [0.717, 1.165) is 40.9 Å². The Balaban J connectivity index is 0.972. The molecule has 0 atom stereocenters. The van der Waals surface area contributed by atoms with E-state index in [1.54, 1.807) is 84.0 Å². The van der Waals surface area contributed by atoms with Gasteiger partial charge in [0.2, 0.25) is 0 Å². The van der Waals surface area contributed by atoms with Crippen molar-refractivity contribution in [1.29, 1.82) is 0 Å². The Kier molecular flexibility index (Phi) is 14.4. The van der Waals surface area contributed by atoms with Crippen molar-refractivity contribution in [1.82, 2.24) is 12.6 Å². The van der Waals surface area contributed by atoms with E-state index in [-0.39, 0.29) is 53.3 Å². The fourth-order valence-corrected chi connectivity index (χ4v) is 12.8. The third-order valence-corrected chi connectivity index (χ3v) is 16.2. The molecule has 75 heavy (non-hydrogen) atoms. The second-order valence-corrected chi connectivity index (χ2v) is 22.6. The first-order chi connectivity index (χ1) is 35.7. The van der Waals surface area contributed by atoms with Gasteiger partial charge in [-0.1, -0.05) is 45.0 Å². The smallest absolute Gasteiger partial charge is 0.341 e. The monoisotopic (exact) mass is 1130 g/mol. The molecule has 1 radical (unpaired) electrons. The van der Waals surface area contributed by atoms with Gasteiger partial charge in [0.25, 0.3) is 11.1 Å². The highest BCUT2D eigenvalue weighted by atomic mass is 127. The molecule has 0 saturated heterocycles. The molecule has 1 N–H and O–H groups in total. The Bertz CT molecular complexity index is 3860. The second kappa shape index (κ2) is 20.5. The predicted octanol–water partition coefficient (Wildman–Crippen LogP) is 12.4. The van der Waals surface area contributed by atoms with Gasteiger partial charge in [-0.15, -0.1) is 0 Å². The zero-order valence-corrected chi connectivity index (χ0v) is 46.0. The molecule has 0 bridgehead atoms. The van der Waals surface area contributed by atoms with Crippen LogP contribution >= 0.6 is 21.0 Å². The minimum Gasteiger partial charge on any atom is -0.487 e. The van der Waals surface area contributed by atoms with Crippen molar-refractivity contribution in [2.45, 2.75) is 101 Å². The highest BCUT2D eigenvalue weighted by Gasteiger charge is 2.32. The lowest BCUT2D eigenvalue weighted by atomic mass is 9.85. The van der Waals surface area contributed by atoms with Gasteiger partial charge in [-0.3, -0.25) is 14.4 Å². The summed E-state index contributed by atoms with van der Waals surface area (Å²) >= 11 is -1.01. The topological polar surface area (TPSA) is 148 Å². The zero-order chi connectivity index (χ0) is 53.9. The van der Waals surface area contributed by atoms with E-state index < -0.39 is 57.4 Å². The number of pyridine rings is 1. The molecule has 12 nitrogen and oxygen atoms in total. The van der Waals surface area contributed by atoms with Crippen molar-refractivity contribution in [3.05, 3.63) is 167 Å². The van der Waals surface area contributed by atoms with Gasteiger partial charge in [0, 0.05) is 69.1 Å². The Morgan fingerprint density at radius 3 is 1.97 bits per heavy atom. The molecule has 0 spiro atoms. The van der Waals surface area contributed by atoms with Crippen molar-refractivity contribution in [3.8, 4) is 11.4 Å². The molecule has 9 rings (SSSR count). The van der Waals surface area contributed by atoms with Gasteiger partial charge in [-0.2, -0.15) is 0 Å². The molecule has 1 aliphatic heterocycles. The summed E-state index contributed by atoms with van der Waals surface area (Å²) in [5.74, 6) is -1.47. The maximum Gasteiger partial charge on any atom is 0.341 e. The van der Waals surface area contributed by atoms with Crippen LogP contribution in [0, 0.1) is 27.7 Å². The number of benzene rings is 5. The van der Waals surface area contributed by atoms with Crippen LogP contribution in [0.3, 0.4) is 0 Å². The zero-order valence-electron chi connectivity index (χ0n) is 43.8. The number of ether oxygens (including phenoxy) is 3. The van der Waals surface area contributed by atoms with Crippen molar-refractivity contribution in [3.63, 3.8) is 0 Å². The largest absolute Gasteiger partial charge is 0.487 e. The third kappa shape index (κ3) is 9.39. The third-order valence-electron chi connectivity index (χ3n) is 14.1. The molecule has 4 heterocycles. The fraction of sp³-hybridized carbons (Fsp3) is 0.288. The Labute approximate surface area is 443 Å². The molecule has 0 amide bonds. The summed E-state index contributed by atoms with van der Waals surface area (Å²) in [5.41, 5.74) is 6.66. The van der Waals surface area contributed by atoms with Gasteiger partial charge in [0.1, 0.15) is 16.9 Å². The van der Waals surface area contributed by atoms with Crippen LogP contribution in [0.2, 0.25) is 0 Å². The quantitative estimate of drug-likeness (QED) is 0.0225. The molecule has 387 valence electrons. The van der Waals surface area contributed by atoms with Crippen molar-refractivity contribution >= 4 is 98.9 Å². The van der Waals surface area contributed by atoms with Gasteiger partial charge >= 0.3 is 25.3 Å². The maximum absolute atomic E-state index is 15.4. The SMILES string of the molecule is CCOC(=O)C1=C(C)/C(=C(\c2c(C)cc(OC(=O)CCCc3ccc(-n4c(=O)c5ccc6oc7ccc(C(C)(C)C)cc7c7ccc(c4=O)c5c67)cc3)cc2C)c2c(C)c(C(=O)OCC)c(C)n2[B-](F)F)NI=C1C. The molecular formula is C59H57BF2IN3O9-. The lowest BCUT2D eigenvalue weighted by Crippen LogP contribution is -2.31. The highest BCUT2D eigenvalue weighted by Crippen LogP contribution is 2.43. The molecule has 0 saturated carbocycles. The molecule has 16 heteroatoms. The summed E-state index contributed by atoms with van der Waals surface area (Å²) in [6.07, 6.45) is 0.999. The molecule has 0 aliphatic carbocycles. The van der Waals surface area contributed by atoms with Gasteiger partial charge in [0.15, 0.2) is 0 Å². The molecular weight excluding hydrogens is 1070 g/mol. The van der Waals surface area contributed by atoms with Gasteiger partial charge in [-0.25, -0.2) is 14.2 Å². The van der Waals surface area contributed by atoms with E-state index in [0.29, 0.717) is 79.4 Å². The molecule has 0 fully saturated rings. The van der Waals surface area contributed by atoms with E-state index in [9.17, 15) is 24.0 Å². The van der Waals surface area contributed by atoms with Crippen molar-refractivity contribution in [2.24, 2.45) is 0 Å². The molecule has 3 aromatic heterocycles. The van der Waals surface area contributed by atoms with E-state index in [1.807, 2.05) is 31.2 Å². The number of hydrogen-bond donors (Lipinski definition) is 1. The summed E-state index contributed by atoms with van der Waals surface area (Å²) in [7, 11) is -3.05. The van der Waals surface area contributed by atoms with E-state index in [2.05, 4.69) is 36.4 Å². The standard InChI is InChI=1S/C59H57BF2IN3O9/c1-12-72-57(70)48-32(5)53(64-63-34(48)7)52(54-33(6)49(58(71)73-13-2)35(8)66(54)60(61)62)47-30(3)27-39(28-31(47)4)74-46(67)16-14-15-36-17-20-38(21-18-36)65-55(68)41-23-22-40-43-29-37(59(9,10)11)19-25-44(43)75-45-26-24-42(56(65)69)50(41)51(40)45/h17-29,64H,12-16H2,1-11H3/q-1/b53-52-. The number of fused-ring (bicyclic) bond motifs is 2. The van der Waals surface area contributed by atoms with E-state index in [1.165, 1.54) is 11.5 Å². The first-order valence-electron chi connectivity index (χ1n) is 24.9. The van der Waals surface area contributed by atoms with E-state index in [4.69, 9.17) is 18.6 Å². The summed E-state index contributed by atoms with van der Waals surface area (Å²) in [5, 5.41) is 3.97. The van der Waals surface area contributed by atoms with Crippen LogP contribution in [0.15, 0.2) is 110 Å². The number of aromatic nitrogens is 2. The molecule has 5 aromatic carbocycles. The number of esters is 3. The normalized spacial score (nSPS) is 13.9. The van der Waals surface area contributed by atoms with Gasteiger partial charge < -0.3 is 35.3 Å². The summed E-state index contributed by atoms with van der Waals surface area (Å²) in [4.78, 5) is 68.6. The van der Waals surface area contributed by atoms with Crippen LogP contribution in [-0.2, 0) is 30.9 Å². The van der Waals surface area contributed by atoms with Crippen molar-refractivity contribution in [2.75, 3.05) is 13.2 Å². The summed E-state index contributed by atoms with van der Waals surface area (Å²) < 4.78 is 60.1. The van der Waals surface area contributed by atoms with Crippen LogP contribution in [-0.4, -0.2) is 51.1 Å². The van der Waals surface area contributed by atoms with Crippen LogP contribution in [0.5, 0.6) is 5.75 Å². The van der Waals surface area contributed by atoms with E-state index >= 15 is 8.63 Å². The van der Waals surface area contributed by atoms with Crippen LogP contribution in [0.25, 0.3) is 54.7 Å². The molecule has 8 aromatic rings. The molecule has 1 aliphatic rings. The predicted molar refractivity (Wildman–Crippen MR) is 301 cm³/mol. The lowest BCUT2D eigenvalue weighted by molar-refractivity contribution is -0.138. The van der Waals surface area contributed by atoms with Gasteiger partial charge in [-0.05, 0) is 178 Å². The fourth-order valence-electron chi connectivity index (χ4n) is 10.5. The number of rotatable bonds is 13. The number of allylic oxidation sites excluding steroid dienone is 1. The molecule has 0 unspecified atom stereocenters. The number of carbonyl (C=O) groups is 3. The minimum atomic E-state index is -3.05. The lowest BCUT2D eigenvalue weighted by Gasteiger charge is -2.29. The number of aryl methyl sites for hydroxylation is 3. The average Bonchev–Trinajstić information content (AvgIpc) is 3.64. The number of nitrogens with one attached hydrogen (secondary N) is 1. The average molecular weight is 1130 g/mol. The summed E-state index contributed by atoms with van der Waals surface area (Å²) in [6.45, 7) is 20.3. The first-order valence-corrected chi connectivity index (χ1v) is 27.1. The minimum absolute atomic E-state index is 0.0273. The van der Waals surface area contributed by atoms with Gasteiger partial charge in [0.05, 0.1) is 35.7 Å². The summed E-state index contributed by atoms with van der Waals surface area (Å²) in [6, 6.07) is 23.9. The Morgan fingerprint density at radius 1 is 0.733 bits per heavy atom. The Morgan fingerprint density at radius 2 is 1.35 bits per heavy atom. The number of carbonyl (C=O) groups excluding carboxylic acids is 3. The van der Waals surface area contributed by atoms with Crippen LogP contribution in [0.4, 0.5) is 8.63 Å².